The number of carbonyl (C=O) groups is 3. The second-order valence-corrected chi connectivity index (χ2v) is 5.59. The van der Waals surface area contributed by atoms with E-state index in [0.717, 1.165) is 21.8 Å². The number of hydrogen-bond acceptors (Lipinski definition) is 4. The van der Waals surface area contributed by atoms with Gasteiger partial charge >= 0.3 is 5.97 Å². The minimum atomic E-state index is -1.14. The van der Waals surface area contributed by atoms with Crippen molar-refractivity contribution in [3.63, 3.8) is 0 Å². The number of benzene rings is 1. The molecule has 2 heterocycles. The van der Waals surface area contributed by atoms with Gasteiger partial charge in [0, 0.05) is 6.42 Å². The molecule has 3 rings (SSSR count). The lowest BCUT2D eigenvalue weighted by Gasteiger charge is -2.14. The van der Waals surface area contributed by atoms with Gasteiger partial charge in [-0.15, -0.1) is 11.3 Å². The smallest absolute Gasteiger partial charge is 0.348 e. The van der Waals surface area contributed by atoms with Gasteiger partial charge in [0.25, 0.3) is 0 Å². The molecule has 0 bridgehead atoms. The highest BCUT2D eigenvalue weighted by Crippen LogP contribution is 2.36. The molecular formula is C15H11NO4S. The summed E-state index contributed by atoms with van der Waals surface area (Å²) >= 11 is 1.000. The van der Waals surface area contributed by atoms with Crippen LogP contribution in [0.4, 0.5) is 5.69 Å². The average Bonchev–Trinajstić information content (AvgIpc) is 3.04. The van der Waals surface area contributed by atoms with Crippen LogP contribution >= 0.6 is 11.3 Å². The summed E-state index contributed by atoms with van der Waals surface area (Å²) in [6.07, 6.45) is 0.0672. The SMILES string of the molecule is O=C(O)c1sccc1N1C(=O)CC(c2ccccc2)C1=O. The van der Waals surface area contributed by atoms with Crippen molar-refractivity contribution in [3.05, 3.63) is 52.2 Å². The molecule has 1 fully saturated rings. The van der Waals surface area contributed by atoms with E-state index in [-0.39, 0.29) is 28.8 Å². The first-order chi connectivity index (χ1) is 10.1. The molecule has 1 atom stereocenters. The van der Waals surface area contributed by atoms with Crippen LogP contribution < -0.4 is 4.90 Å². The molecule has 1 unspecified atom stereocenters. The molecule has 6 heteroatoms. The second kappa shape index (κ2) is 5.14. The average molecular weight is 301 g/mol. The molecular weight excluding hydrogens is 290 g/mol. The number of hydrogen-bond donors (Lipinski definition) is 1. The summed E-state index contributed by atoms with van der Waals surface area (Å²) < 4.78 is 0. The van der Waals surface area contributed by atoms with Crippen molar-refractivity contribution >= 4 is 34.8 Å². The van der Waals surface area contributed by atoms with Crippen molar-refractivity contribution in [2.45, 2.75) is 12.3 Å². The largest absolute Gasteiger partial charge is 0.477 e. The molecule has 1 aromatic carbocycles. The van der Waals surface area contributed by atoms with E-state index in [0.29, 0.717) is 0 Å². The first-order valence-corrected chi connectivity index (χ1v) is 7.20. The minimum Gasteiger partial charge on any atom is -0.477 e. The van der Waals surface area contributed by atoms with Crippen molar-refractivity contribution in [2.75, 3.05) is 4.90 Å². The molecule has 2 amide bonds. The van der Waals surface area contributed by atoms with E-state index in [4.69, 9.17) is 5.11 Å². The topological polar surface area (TPSA) is 74.7 Å². The molecule has 2 aromatic rings. The van der Waals surface area contributed by atoms with Crippen molar-refractivity contribution in [1.29, 1.82) is 0 Å². The Labute approximate surface area is 124 Å². The van der Waals surface area contributed by atoms with Crippen molar-refractivity contribution < 1.29 is 19.5 Å². The van der Waals surface area contributed by atoms with Crippen LogP contribution in [0.25, 0.3) is 0 Å². The third kappa shape index (κ3) is 2.23. The Balaban J connectivity index is 1.98. The molecule has 0 spiro atoms. The maximum atomic E-state index is 12.5. The molecule has 1 aliphatic rings. The zero-order valence-electron chi connectivity index (χ0n) is 10.9. The standard InChI is InChI=1S/C15H11NO4S/c17-12-8-10(9-4-2-1-3-5-9)14(18)16(12)11-6-7-21-13(11)15(19)20/h1-7,10H,8H2,(H,19,20). The monoisotopic (exact) mass is 301 g/mol. The van der Waals surface area contributed by atoms with Crippen LogP contribution in [0.5, 0.6) is 0 Å². The lowest BCUT2D eigenvalue weighted by Crippen LogP contribution is -2.30. The van der Waals surface area contributed by atoms with Crippen LogP contribution in [0, 0.1) is 0 Å². The number of carboxylic acid groups (broad SMARTS) is 1. The molecule has 106 valence electrons. The van der Waals surface area contributed by atoms with Crippen LogP contribution in [0.1, 0.15) is 27.6 Å². The van der Waals surface area contributed by atoms with Gasteiger partial charge in [-0.1, -0.05) is 30.3 Å². The first kappa shape index (κ1) is 13.5. The van der Waals surface area contributed by atoms with Crippen LogP contribution in [0.15, 0.2) is 41.8 Å². The Kier molecular flexibility index (Phi) is 3.31. The predicted molar refractivity (Wildman–Crippen MR) is 77.6 cm³/mol. The minimum absolute atomic E-state index is 0.00501. The number of amides is 2. The Morgan fingerprint density at radius 2 is 1.90 bits per heavy atom. The first-order valence-electron chi connectivity index (χ1n) is 6.32. The summed E-state index contributed by atoms with van der Waals surface area (Å²) in [6, 6.07) is 10.5. The van der Waals surface area contributed by atoms with Gasteiger partial charge in [-0.05, 0) is 17.0 Å². The Bertz CT molecular complexity index is 722. The van der Waals surface area contributed by atoms with Crippen LogP contribution in [0.2, 0.25) is 0 Å². The zero-order chi connectivity index (χ0) is 15.0. The highest BCUT2D eigenvalue weighted by atomic mass is 32.1. The maximum Gasteiger partial charge on any atom is 0.348 e. The Morgan fingerprint density at radius 3 is 2.57 bits per heavy atom. The molecule has 0 radical (unpaired) electrons. The van der Waals surface area contributed by atoms with E-state index in [2.05, 4.69) is 0 Å². The van der Waals surface area contributed by atoms with Crippen LogP contribution in [-0.2, 0) is 9.59 Å². The van der Waals surface area contributed by atoms with E-state index in [1.807, 2.05) is 18.2 Å². The van der Waals surface area contributed by atoms with Crippen LogP contribution in [0.3, 0.4) is 0 Å². The lowest BCUT2D eigenvalue weighted by atomic mass is 9.98. The third-order valence-corrected chi connectivity index (χ3v) is 4.32. The molecule has 1 N–H and O–H groups in total. The molecule has 1 aliphatic heterocycles. The lowest BCUT2D eigenvalue weighted by molar-refractivity contribution is -0.121. The number of nitrogens with zero attached hydrogens (tertiary/aromatic N) is 1. The van der Waals surface area contributed by atoms with E-state index in [1.165, 1.54) is 6.07 Å². The zero-order valence-corrected chi connectivity index (χ0v) is 11.7. The molecule has 21 heavy (non-hydrogen) atoms. The number of thiophene rings is 1. The van der Waals surface area contributed by atoms with Crippen molar-refractivity contribution in [1.82, 2.24) is 0 Å². The van der Waals surface area contributed by atoms with Crippen molar-refractivity contribution in [3.8, 4) is 0 Å². The summed E-state index contributed by atoms with van der Waals surface area (Å²) in [5.41, 5.74) is 0.936. The van der Waals surface area contributed by atoms with Gasteiger partial charge in [0.2, 0.25) is 11.8 Å². The van der Waals surface area contributed by atoms with Gasteiger partial charge in [-0.2, -0.15) is 0 Å². The van der Waals surface area contributed by atoms with Gasteiger partial charge in [-0.25, -0.2) is 9.69 Å². The molecule has 0 aliphatic carbocycles. The molecule has 0 saturated carbocycles. The summed E-state index contributed by atoms with van der Waals surface area (Å²) in [5, 5.41) is 10.7. The molecule has 1 aromatic heterocycles. The predicted octanol–water partition coefficient (Wildman–Crippen LogP) is 2.49. The molecule has 1 saturated heterocycles. The Morgan fingerprint density at radius 1 is 1.19 bits per heavy atom. The van der Waals surface area contributed by atoms with Gasteiger partial charge in [0.1, 0.15) is 4.88 Å². The quantitative estimate of drug-likeness (QED) is 0.884. The number of aromatic carboxylic acids is 1. The number of carbonyl (C=O) groups excluding carboxylic acids is 2. The van der Waals surface area contributed by atoms with E-state index < -0.39 is 11.9 Å². The van der Waals surface area contributed by atoms with Gasteiger partial charge in [0.05, 0.1) is 11.6 Å². The third-order valence-electron chi connectivity index (χ3n) is 3.43. The normalized spacial score (nSPS) is 18.3. The second-order valence-electron chi connectivity index (χ2n) is 4.67. The fraction of sp³-hybridized carbons (Fsp3) is 0.133. The van der Waals surface area contributed by atoms with Crippen LogP contribution in [-0.4, -0.2) is 22.9 Å². The summed E-state index contributed by atoms with van der Waals surface area (Å²) in [6.45, 7) is 0. The summed E-state index contributed by atoms with van der Waals surface area (Å²) in [4.78, 5) is 36.8. The fourth-order valence-corrected chi connectivity index (χ4v) is 3.18. The summed E-state index contributed by atoms with van der Waals surface area (Å²) in [5.74, 6) is -2.41. The van der Waals surface area contributed by atoms with Crippen molar-refractivity contribution in [2.24, 2.45) is 0 Å². The van der Waals surface area contributed by atoms with Gasteiger partial charge < -0.3 is 5.11 Å². The number of anilines is 1. The highest BCUT2D eigenvalue weighted by molar-refractivity contribution is 7.12. The number of carboxylic acids is 1. The number of rotatable bonds is 3. The fourth-order valence-electron chi connectivity index (χ4n) is 2.47. The highest BCUT2D eigenvalue weighted by Gasteiger charge is 2.41. The summed E-state index contributed by atoms with van der Waals surface area (Å²) in [7, 11) is 0. The Hall–Kier alpha value is -2.47. The number of imide groups is 1. The molecule has 5 nitrogen and oxygen atoms in total. The van der Waals surface area contributed by atoms with E-state index in [9.17, 15) is 14.4 Å². The van der Waals surface area contributed by atoms with Gasteiger partial charge in [-0.3, -0.25) is 9.59 Å². The van der Waals surface area contributed by atoms with Gasteiger partial charge in [0.15, 0.2) is 0 Å². The van der Waals surface area contributed by atoms with E-state index >= 15 is 0 Å². The van der Waals surface area contributed by atoms with E-state index in [1.54, 1.807) is 17.5 Å². The maximum absolute atomic E-state index is 12.5.